The van der Waals surface area contributed by atoms with E-state index in [9.17, 15) is 9.59 Å². The monoisotopic (exact) mass is 263 g/mol. The Bertz CT molecular complexity index is 516. The van der Waals surface area contributed by atoms with Gasteiger partial charge in [-0.05, 0) is 37.4 Å². The molecule has 0 bridgehead atoms. The van der Waals surface area contributed by atoms with E-state index in [1.165, 1.54) is 10.6 Å². The third-order valence-corrected chi connectivity index (χ3v) is 3.85. The third kappa shape index (κ3) is 3.44. The molecule has 0 unspecified atom stereocenters. The van der Waals surface area contributed by atoms with Crippen molar-refractivity contribution in [1.29, 1.82) is 0 Å². The molecule has 0 atom stereocenters. The Morgan fingerprint density at radius 2 is 2.16 bits per heavy atom. The fourth-order valence-corrected chi connectivity index (χ4v) is 2.29. The smallest absolute Gasteiger partial charge is 0.251 e. The molecule has 2 heterocycles. The molecule has 1 saturated heterocycles. The van der Waals surface area contributed by atoms with Crippen LogP contribution in [0, 0.1) is 5.41 Å². The lowest BCUT2D eigenvalue weighted by Gasteiger charge is -2.34. The van der Waals surface area contributed by atoms with Crippen LogP contribution in [-0.2, 0) is 7.05 Å². The van der Waals surface area contributed by atoms with Crippen LogP contribution in [0.4, 0.5) is 0 Å². The van der Waals surface area contributed by atoms with E-state index in [-0.39, 0.29) is 16.9 Å². The van der Waals surface area contributed by atoms with Crippen molar-refractivity contribution in [3.63, 3.8) is 0 Å². The van der Waals surface area contributed by atoms with Gasteiger partial charge in [-0.2, -0.15) is 0 Å². The van der Waals surface area contributed by atoms with Gasteiger partial charge in [0.2, 0.25) is 0 Å². The summed E-state index contributed by atoms with van der Waals surface area (Å²) in [6, 6.07) is 3.04. The first-order chi connectivity index (χ1) is 9.00. The van der Waals surface area contributed by atoms with Crippen LogP contribution in [0.25, 0.3) is 0 Å². The lowest BCUT2D eigenvalue weighted by molar-refractivity contribution is 0.0922. The molecule has 1 aromatic rings. The summed E-state index contributed by atoms with van der Waals surface area (Å²) in [5.41, 5.74) is 0.419. The number of hydrogen-bond acceptors (Lipinski definition) is 3. The summed E-state index contributed by atoms with van der Waals surface area (Å²) in [5, 5.41) is 6.26. The minimum atomic E-state index is -0.169. The highest BCUT2D eigenvalue weighted by Crippen LogP contribution is 2.26. The second kappa shape index (κ2) is 5.57. The minimum absolute atomic E-state index is 0.153. The average Bonchev–Trinajstić information content (AvgIpc) is 2.40. The van der Waals surface area contributed by atoms with E-state index < -0.39 is 0 Å². The maximum Gasteiger partial charge on any atom is 0.251 e. The van der Waals surface area contributed by atoms with Gasteiger partial charge in [0.05, 0.1) is 0 Å². The summed E-state index contributed by atoms with van der Waals surface area (Å²) in [6.45, 7) is 4.84. The SMILES string of the molecule is Cn1ccc(C(=O)NCC2(C)CCNCC2)cc1=O. The fraction of sp³-hybridized carbons (Fsp3) is 0.571. The molecule has 2 N–H and O–H groups in total. The predicted octanol–water partition coefficient (Wildman–Crippen LogP) is 0.505. The third-order valence-electron chi connectivity index (χ3n) is 3.85. The lowest BCUT2D eigenvalue weighted by atomic mass is 9.81. The largest absolute Gasteiger partial charge is 0.351 e. The Kier molecular flexibility index (Phi) is 4.04. The van der Waals surface area contributed by atoms with Crippen molar-refractivity contribution in [3.05, 3.63) is 34.2 Å². The van der Waals surface area contributed by atoms with Crippen molar-refractivity contribution < 1.29 is 4.79 Å². The van der Waals surface area contributed by atoms with Gasteiger partial charge in [-0.15, -0.1) is 0 Å². The van der Waals surface area contributed by atoms with Gasteiger partial charge in [0.15, 0.2) is 0 Å². The Labute approximate surface area is 113 Å². The molecule has 1 aromatic heterocycles. The van der Waals surface area contributed by atoms with Crippen molar-refractivity contribution >= 4 is 5.91 Å². The van der Waals surface area contributed by atoms with Crippen molar-refractivity contribution in [2.45, 2.75) is 19.8 Å². The van der Waals surface area contributed by atoms with Crippen molar-refractivity contribution in [1.82, 2.24) is 15.2 Å². The zero-order valence-corrected chi connectivity index (χ0v) is 11.5. The molecule has 0 aliphatic carbocycles. The molecule has 5 heteroatoms. The number of piperidine rings is 1. The topological polar surface area (TPSA) is 63.1 Å². The number of aryl methyl sites for hydroxylation is 1. The molecule has 2 rings (SSSR count). The van der Waals surface area contributed by atoms with Gasteiger partial charge in [0.25, 0.3) is 11.5 Å². The molecule has 0 saturated carbocycles. The van der Waals surface area contributed by atoms with Crippen LogP contribution >= 0.6 is 0 Å². The molecule has 1 amide bonds. The number of nitrogens with one attached hydrogen (secondary N) is 2. The van der Waals surface area contributed by atoms with Gasteiger partial charge >= 0.3 is 0 Å². The average molecular weight is 263 g/mol. The fourth-order valence-electron chi connectivity index (χ4n) is 2.29. The molecule has 1 fully saturated rings. The number of amides is 1. The number of aromatic nitrogens is 1. The Morgan fingerprint density at radius 1 is 1.47 bits per heavy atom. The lowest BCUT2D eigenvalue weighted by Crippen LogP contribution is -2.43. The number of nitrogens with zero attached hydrogens (tertiary/aromatic N) is 1. The van der Waals surface area contributed by atoms with Crippen molar-refractivity contribution in [3.8, 4) is 0 Å². The van der Waals surface area contributed by atoms with Crippen molar-refractivity contribution in [2.75, 3.05) is 19.6 Å². The Hall–Kier alpha value is -1.62. The van der Waals surface area contributed by atoms with Crippen LogP contribution in [0.2, 0.25) is 0 Å². The standard InChI is InChI=1S/C14H21N3O2/c1-14(4-6-15-7-5-14)10-16-13(19)11-3-8-17(2)12(18)9-11/h3,8-9,15H,4-7,10H2,1-2H3,(H,16,19). The number of hydrogen-bond donors (Lipinski definition) is 2. The summed E-state index contributed by atoms with van der Waals surface area (Å²) >= 11 is 0. The molecule has 1 aliphatic rings. The number of pyridine rings is 1. The van der Waals surface area contributed by atoms with Crippen LogP contribution in [-0.4, -0.2) is 30.1 Å². The van der Waals surface area contributed by atoms with E-state index in [1.54, 1.807) is 19.3 Å². The maximum atomic E-state index is 12.0. The van der Waals surface area contributed by atoms with E-state index in [4.69, 9.17) is 0 Å². The Balaban J connectivity index is 1.97. The summed E-state index contributed by atoms with van der Waals surface area (Å²) in [7, 11) is 1.67. The van der Waals surface area contributed by atoms with E-state index in [0.29, 0.717) is 12.1 Å². The molecule has 0 aromatic carbocycles. The van der Waals surface area contributed by atoms with Gasteiger partial charge in [0, 0.05) is 31.4 Å². The molecular weight excluding hydrogens is 242 g/mol. The first-order valence-corrected chi connectivity index (χ1v) is 6.66. The van der Waals surface area contributed by atoms with Gasteiger partial charge < -0.3 is 15.2 Å². The molecule has 104 valence electrons. The van der Waals surface area contributed by atoms with Gasteiger partial charge in [-0.25, -0.2) is 0 Å². The molecule has 0 spiro atoms. The van der Waals surface area contributed by atoms with Gasteiger partial charge in [-0.1, -0.05) is 6.92 Å². The van der Waals surface area contributed by atoms with Crippen LogP contribution in [0.5, 0.6) is 0 Å². The molecule has 19 heavy (non-hydrogen) atoms. The summed E-state index contributed by atoms with van der Waals surface area (Å²) in [5.74, 6) is -0.169. The number of carbonyl (C=O) groups is 1. The number of carbonyl (C=O) groups excluding carboxylic acids is 1. The first kappa shape index (κ1) is 13.8. The van der Waals surface area contributed by atoms with Crippen LogP contribution in [0.1, 0.15) is 30.1 Å². The number of rotatable bonds is 3. The Morgan fingerprint density at radius 3 is 2.79 bits per heavy atom. The molecule has 1 aliphatic heterocycles. The maximum absolute atomic E-state index is 12.0. The highest BCUT2D eigenvalue weighted by atomic mass is 16.2. The summed E-state index contributed by atoms with van der Waals surface area (Å²) in [4.78, 5) is 23.5. The highest BCUT2D eigenvalue weighted by Gasteiger charge is 2.27. The second-order valence-electron chi connectivity index (χ2n) is 5.61. The van der Waals surface area contributed by atoms with E-state index in [2.05, 4.69) is 17.6 Å². The quantitative estimate of drug-likeness (QED) is 0.835. The zero-order valence-electron chi connectivity index (χ0n) is 11.5. The summed E-state index contributed by atoms with van der Waals surface area (Å²) < 4.78 is 1.45. The van der Waals surface area contributed by atoms with Gasteiger partial charge in [-0.3, -0.25) is 9.59 Å². The van der Waals surface area contributed by atoms with E-state index in [1.807, 2.05) is 0 Å². The molecule has 0 radical (unpaired) electrons. The van der Waals surface area contributed by atoms with Gasteiger partial charge in [0.1, 0.15) is 0 Å². The van der Waals surface area contributed by atoms with Crippen molar-refractivity contribution in [2.24, 2.45) is 12.5 Å². The molecule has 5 nitrogen and oxygen atoms in total. The van der Waals surface area contributed by atoms with E-state index >= 15 is 0 Å². The minimum Gasteiger partial charge on any atom is -0.351 e. The van der Waals surface area contributed by atoms with Crippen LogP contribution < -0.4 is 16.2 Å². The van der Waals surface area contributed by atoms with Crippen LogP contribution in [0.15, 0.2) is 23.1 Å². The first-order valence-electron chi connectivity index (χ1n) is 6.66. The second-order valence-corrected chi connectivity index (χ2v) is 5.61. The van der Waals surface area contributed by atoms with Crippen LogP contribution in [0.3, 0.4) is 0 Å². The molecular formula is C14H21N3O2. The zero-order chi connectivity index (χ0) is 13.9. The van der Waals surface area contributed by atoms with E-state index in [0.717, 1.165) is 25.9 Å². The normalized spacial score (nSPS) is 18.0. The summed E-state index contributed by atoms with van der Waals surface area (Å²) in [6.07, 6.45) is 3.73. The highest BCUT2D eigenvalue weighted by molar-refractivity contribution is 5.93. The predicted molar refractivity (Wildman–Crippen MR) is 74.2 cm³/mol.